The fourth-order valence-electron chi connectivity index (χ4n) is 2.42. The average Bonchev–Trinajstić information content (AvgIpc) is 2.65. The molecule has 0 saturated heterocycles. The summed E-state index contributed by atoms with van der Waals surface area (Å²) in [6, 6.07) is 13.2. The van der Waals surface area contributed by atoms with Gasteiger partial charge in [-0.2, -0.15) is 0 Å². The van der Waals surface area contributed by atoms with Crippen LogP contribution in [0.2, 0.25) is 0 Å². The largest absolute Gasteiger partial charge is 0.452 e. The lowest BCUT2D eigenvalue weighted by Gasteiger charge is -2.18. The summed E-state index contributed by atoms with van der Waals surface area (Å²) in [4.78, 5) is 27.8. The lowest BCUT2D eigenvalue weighted by atomic mass is 10.2. The lowest BCUT2D eigenvalue weighted by molar-refractivity contribution is -0.133. The van der Waals surface area contributed by atoms with Gasteiger partial charge >= 0.3 is 5.97 Å². The molecule has 0 atom stereocenters. The lowest BCUT2D eigenvalue weighted by Crippen LogP contribution is -2.30. The second-order valence-corrected chi connectivity index (χ2v) is 8.70. The molecule has 0 aromatic heterocycles. The second kappa shape index (κ2) is 8.88. The van der Waals surface area contributed by atoms with Crippen LogP contribution in [-0.4, -0.2) is 59.2 Å². The summed E-state index contributed by atoms with van der Waals surface area (Å²) in [6.45, 7) is 0.00604. The third kappa shape index (κ3) is 5.82. The summed E-state index contributed by atoms with van der Waals surface area (Å²) in [5.41, 5.74) is 2.21. The molecule has 2 rings (SSSR count). The Morgan fingerprint density at radius 2 is 1.50 bits per heavy atom. The van der Waals surface area contributed by atoms with Crippen LogP contribution in [0.25, 0.3) is 0 Å². The molecule has 0 spiro atoms. The number of likely N-dealkylation sites (N-methyl/N-ethyl adjacent to an activating group) is 1. The van der Waals surface area contributed by atoms with Gasteiger partial charge in [-0.05, 0) is 42.0 Å². The summed E-state index contributed by atoms with van der Waals surface area (Å²) in [7, 11) is 2.20. The molecule has 1 amide bonds. The predicted molar refractivity (Wildman–Crippen MR) is 107 cm³/mol. The molecule has 8 heteroatoms. The number of esters is 1. The van der Waals surface area contributed by atoms with Crippen LogP contribution in [0, 0.1) is 0 Å². The maximum absolute atomic E-state index is 12.2. The zero-order valence-electron chi connectivity index (χ0n) is 16.4. The first-order chi connectivity index (χ1) is 13.1. The van der Waals surface area contributed by atoms with Gasteiger partial charge in [0, 0.05) is 39.6 Å². The highest BCUT2D eigenvalue weighted by Gasteiger charge is 2.15. The van der Waals surface area contributed by atoms with Gasteiger partial charge in [0.25, 0.3) is 5.91 Å². The first-order valence-corrected chi connectivity index (χ1v) is 10.4. The number of hydrogen-bond donors (Lipinski definition) is 0. The number of anilines is 1. The van der Waals surface area contributed by atoms with E-state index in [0.29, 0.717) is 6.54 Å². The first-order valence-electron chi connectivity index (χ1n) is 8.55. The molecular weight excluding hydrogens is 380 g/mol. The summed E-state index contributed by atoms with van der Waals surface area (Å²) in [6.07, 6.45) is 1.09. The third-order valence-corrected chi connectivity index (χ3v) is 5.27. The zero-order valence-corrected chi connectivity index (χ0v) is 17.2. The van der Waals surface area contributed by atoms with Crippen molar-refractivity contribution < 1.29 is 22.7 Å². The number of amides is 1. The van der Waals surface area contributed by atoms with E-state index in [-0.39, 0.29) is 23.0 Å². The summed E-state index contributed by atoms with van der Waals surface area (Å²) >= 11 is 0. The van der Waals surface area contributed by atoms with Crippen LogP contribution < -0.4 is 4.90 Å². The number of carbonyl (C=O) groups excluding carboxylic acids is 2. The van der Waals surface area contributed by atoms with Gasteiger partial charge in [-0.3, -0.25) is 4.79 Å². The van der Waals surface area contributed by atoms with E-state index in [0.717, 1.165) is 17.5 Å². The van der Waals surface area contributed by atoms with Crippen molar-refractivity contribution in [3.05, 3.63) is 59.7 Å². The summed E-state index contributed by atoms with van der Waals surface area (Å²) in [5, 5.41) is 0. The standard InChI is InChI=1S/C20H24N2O5S/c1-21(2)17-9-5-15(6-10-17)13-22(3)19(23)14-27-20(24)16-7-11-18(12-8-16)28(4,25)26/h5-12H,13-14H2,1-4H3. The molecule has 0 aliphatic carbocycles. The van der Waals surface area contributed by atoms with Crippen LogP contribution in [0.5, 0.6) is 0 Å². The second-order valence-electron chi connectivity index (χ2n) is 6.68. The molecule has 0 fully saturated rings. The predicted octanol–water partition coefficient (Wildman–Crippen LogP) is 1.97. The Labute approximate surface area is 165 Å². The van der Waals surface area contributed by atoms with Crippen molar-refractivity contribution in [3.8, 4) is 0 Å². The average molecular weight is 404 g/mol. The number of hydrogen-bond acceptors (Lipinski definition) is 6. The van der Waals surface area contributed by atoms with Crippen LogP contribution in [0.1, 0.15) is 15.9 Å². The van der Waals surface area contributed by atoms with Gasteiger partial charge in [-0.25, -0.2) is 13.2 Å². The van der Waals surface area contributed by atoms with Crippen molar-refractivity contribution in [3.63, 3.8) is 0 Å². The molecule has 150 valence electrons. The Morgan fingerprint density at radius 3 is 2.00 bits per heavy atom. The van der Waals surface area contributed by atoms with E-state index in [1.165, 1.54) is 29.2 Å². The number of nitrogens with zero attached hydrogens (tertiary/aromatic N) is 2. The number of sulfone groups is 1. The van der Waals surface area contributed by atoms with Gasteiger partial charge in [0.05, 0.1) is 10.5 Å². The van der Waals surface area contributed by atoms with Crippen molar-refractivity contribution in [2.24, 2.45) is 0 Å². The van der Waals surface area contributed by atoms with Gasteiger partial charge in [-0.1, -0.05) is 12.1 Å². The molecule has 2 aromatic rings. The SMILES string of the molecule is CN(Cc1ccc(N(C)C)cc1)C(=O)COC(=O)c1ccc(S(C)(=O)=O)cc1. The van der Waals surface area contributed by atoms with Crippen LogP contribution in [0.3, 0.4) is 0 Å². The van der Waals surface area contributed by atoms with Gasteiger partial charge in [-0.15, -0.1) is 0 Å². The molecule has 0 unspecified atom stereocenters. The topological polar surface area (TPSA) is 84.0 Å². The molecule has 28 heavy (non-hydrogen) atoms. The van der Waals surface area contributed by atoms with Crippen LogP contribution in [0.15, 0.2) is 53.4 Å². The fourth-order valence-corrected chi connectivity index (χ4v) is 3.05. The Balaban J connectivity index is 1.89. The quantitative estimate of drug-likeness (QED) is 0.656. The van der Waals surface area contributed by atoms with Crippen molar-refractivity contribution in [1.82, 2.24) is 4.90 Å². The fraction of sp³-hybridized carbons (Fsp3) is 0.300. The number of benzene rings is 2. The van der Waals surface area contributed by atoms with E-state index in [1.807, 2.05) is 43.3 Å². The Kier molecular flexibility index (Phi) is 6.80. The molecule has 0 aliphatic heterocycles. The van der Waals surface area contributed by atoms with E-state index >= 15 is 0 Å². The molecule has 0 aliphatic rings. The van der Waals surface area contributed by atoms with Gasteiger partial charge in [0.15, 0.2) is 16.4 Å². The van der Waals surface area contributed by atoms with Crippen molar-refractivity contribution in [1.29, 1.82) is 0 Å². The highest BCUT2D eigenvalue weighted by molar-refractivity contribution is 7.90. The Bertz CT molecular complexity index is 936. The smallest absolute Gasteiger partial charge is 0.338 e. The zero-order chi connectivity index (χ0) is 20.9. The Morgan fingerprint density at radius 1 is 0.929 bits per heavy atom. The van der Waals surface area contributed by atoms with E-state index in [2.05, 4.69) is 0 Å². The highest BCUT2D eigenvalue weighted by Crippen LogP contribution is 2.14. The molecule has 0 N–H and O–H groups in total. The van der Waals surface area contributed by atoms with Crippen LogP contribution in [-0.2, 0) is 25.9 Å². The maximum Gasteiger partial charge on any atom is 0.338 e. The molecular formula is C20H24N2O5S. The van der Waals surface area contributed by atoms with Crippen LogP contribution in [0.4, 0.5) is 5.69 Å². The minimum atomic E-state index is -3.34. The van der Waals surface area contributed by atoms with Crippen molar-refractivity contribution in [2.75, 3.05) is 38.9 Å². The number of ether oxygens (including phenoxy) is 1. The summed E-state index contributed by atoms with van der Waals surface area (Å²) < 4.78 is 27.9. The molecule has 0 bridgehead atoms. The highest BCUT2D eigenvalue weighted by atomic mass is 32.2. The van der Waals surface area contributed by atoms with E-state index < -0.39 is 15.8 Å². The normalized spacial score (nSPS) is 11.0. The molecule has 0 radical (unpaired) electrons. The molecule has 7 nitrogen and oxygen atoms in total. The molecule has 0 saturated carbocycles. The van der Waals surface area contributed by atoms with Crippen LogP contribution >= 0.6 is 0 Å². The summed E-state index contributed by atoms with van der Waals surface area (Å²) in [5.74, 6) is -1.02. The van der Waals surface area contributed by atoms with Crippen molar-refractivity contribution in [2.45, 2.75) is 11.4 Å². The van der Waals surface area contributed by atoms with E-state index in [1.54, 1.807) is 7.05 Å². The minimum absolute atomic E-state index is 0.111. The maximum atomic E-state index is 12.2. The van der Waals surface area contributed by atoms with E-state index in [4.69, 9.17) is 4.74 Å². The van der Waals surface area contributed by atoms with Crippen molar-refractivity contribution >= 4 is 27.4 Å². The molecule has 2 aromatic carbocycles. The molecule has 0 heterocycles. The Hall–Kier alpha value is -2.87. The number of rotatable bonds is 7. The first kappa shape index (κ1) is 21.4. The monoisotopic (exact) mass is 404 g/mol. The van der Waals surface area contributed by atoms with E-state index in [9.17, 15) is 18.0 Å². The third-order valence-electron chi connectivity index (χ3n) is 4.14. The van der Waals surface area contributed by atoms with Gasteiger partial charge < -0.3 is 14.5 Å². The number of carbonyl (C=O) groups is 2. The van der Waals surface area contributed by atoms with Gasteiger partial charge in [0.1, 0.15) is 0 Å². The van der Waals surface area contributed by atoms with Gasteiger partial charge in [0.2, 0.25) is 0 Å². The minimum Gasteiger partial charge on any atom is -0.452 e.